The summed E-state index contributed by atoms with van der Waals surface area (Å²) in [5.41, 5.74) is 3.57. The third-order valence-electron chi connectivity index (χ3n) is 2.77. The van der Waals surface area contributed by atoms with Crippen molar-refractivity contribution in [3.05, 3.63) is 28.8 Å². The van der Waals surface area contributed by atoms with Crippen LogP contribution in [0.5, 0.6) is 5.75 Å². The van der Waals surface area contributed by atoms with Crippen molar-refractivity contribution < 1.29 is 9.47 Å². The van der Waals surface area contributed by atoms with Gasteiger partial charge in [0.15, 0.2) is 0 Å². The summed E-state index contributed by atoms with van der Waals surface area (Å²) in [7, 11) is 1.71. The van der Waals surface area contributed by atoms with Crippen LogP contribution in [0.4, 0.5) is 0 Å². The number of hydrogen-bond donors (Lipinski definition) is 0. The fourth-order valence-electron chi connectivity index (χ4n) is 2.02. The molecule has 2 rings (SSSR count). The molecule has 0 spiro atoms. The molecule has 76 valence electrons. The maximum absolute atomic E-state index is 5.47. The Kier molecular flexibility index (Phi) is 2.04. The minimum Gasteiger partial charge on any atom is -0.496 e. The summed E-state index contributed by atoms with van der Waals surface area (Å²) in [5.74, 6) is 0.947. The number of aryl methyl sites for hydroxylation is 2. The normalized spacial score (nSPS) is 24.9. The topological polar surface area (TPSA) is 21.8 Å². The van der Waals surface area contributed by atoms with Crippen LogP contribution >= 0.6 is 0 Å². The molecular formula is C12H16O2. The molecule has 0 bridgehead atoms. The number of epoxide rings is 1. The van der Waals surface area contributed by atoms with Crippen LogP contribution in [-0.2, 0) is 10.3 Å². The van der Waals surface area contributed by atoms with E-state index < -0.39 is 0 Å². The second-order valence-corrected chi connectivity index (χ2v) is 4.18. The number of methoxy groups -OCH3 is 1. The Balaban J connectivity index is 2.56. The summed E-state index contributed by atoms with van der Waals surface area (Å²) >= 11 is 0. The highest BCUT2D eigenvalue weighted by molar-refractivity contribution is 5.48. The molecule has 1 aliphatic rings. The first kappa shape index (κ1) is 9.53. The summed E-state index contributed by atoms with van der Waals surface area (Å²) in [6.07, 6.45) is 0. The standard InChI is InChI=1S/C12H16O2/c1-8-5-9(2)11(10(6-8)13-4)12(3)7-14-12/h5-6H,7H2,1-4H3. The maximum Gasteiger partial charge on any atom is 0.125 e. The lowest BCUT2D eigenvalue weighted by Crippen LogP contribution is -2.08. The third-order valence-corrected chi connectivity index (χ3v) is 2.77. The van der Waals surface area contributed by atoms with Gasteiger partial charge in [-0.1, -0.05) is 6.07 Å². The van der Waals surface area contributed by atoms with E-state index in [0.717, 1.165) is 12.4 Å². The molecule has 1 aromatic carbocycles. The van der Waals surface area contributed by atoms with Crippen LogP contribution in [0.1, 0.15) is 23.6 Å². The molecule has 2 nitrogen and oxygen atoms in total. The van der Waals surface area contributed by atoms with Gasteiger partial charge in [0.25, 0.3) is 0 Å². The maximum atomic E-state index is 5.47. The Hall–Kier alpha value is -1.02. The zero-order valence-corrected chi connectivity index (χ0v) is 9.18. The van der Waals surface area contributed by atoms with Crippen molar-refractivity contribution in [1.29, 1.82) is 0 Å². The summed E-state index contributed by atoms with van der Waals surface area (Å²) in [6.45, 7) is 7.09. The fourth-order valence-corrected chi connectivity index (χ4v) is 2.02. The summed E-state index contributed by atoms with van der Waals surface area (Å²) in [5, 5.41) is 0. The van der Waals surface area contributed by atoms with Crippen molar-refractivity contribution in [2.75, 3.05) is 13.7 Å². The molecular weight excluding hydrogens is 176 g/mol. The van der Waals surface area contributed by atoms with Crippen molar-refractivity contribution >= 4 is 0 Å². The van der Waals surface area contributed by atoms with Gasteiger partial charge in [-0.15, -0.1) is 0 Å². The van der Waals surface area contributed by atoms with Crippen LogP contribution in [0, 0.1) is 13.8 Å². The highest BCUT2D eigenvalue weighted by Crippen LogP contribution is 2.44. The van der Waals surface area contributed by atoms with E-state index in [0.29, 0.717) is 0 Å². The average molecular weight is 192 g/mol. The first-order valence-electron chi connectivity index (χ1n) is 4.86. The molecule has 1 unspecified atom stereocenters. The Morgan fingerprint density at radius 2 is 2.00 bits per heavy atom. The molecule has 14 heavy (non-hydrogen) atoms. The average Bonchev–Trinajstić information content (AvgIpc) is 2.82. The smallest absolute Gasteiger partial charge is 0.125 e. The number of ether oxygens (including phenoxy) is 2. The van der Waals surface area contributed by atoms with Crippen molar-refractivity contribution in [3.63, 3.8) is 0 Å². The molecule has 1 aliphatic heterocycles. The SMILES string of the molecule is COc1cc(C)cc(C)c1C1(C)CO1. The van der Waals surface area contributed by atoms with Gasteiger partial charge in [0.1, 0.15) is 11.4 Å². The van der Waals surface area contributed by atoms with Gasteiger partial charge in [-0.3, -0.25) is 0 Å². The van der Waals surface area contributed by atoms with E-state index in [9.17, 15) is 0 Å². The Bertz CT molecular complexity index is 365. The molecule has 0 saturated carbocycles. The first-order valence-corrected chi connectivity index (χ1v) is 4.86. The second kappa shape index (κ2) is 2.99. The Morgan fingerprint density at radius 1 is 1.36 bits per heavy atom. The van der Waals surface area contributed by atoms with Crippen molar-refractivity contribution in [3.8, 4) is 5.75 Å². The highest BCUT2D eigenvalue weighted by atomic mass is 16.6. The van der Waals surface area contributed by atoms with Crippen LogP contribution in [-0.4, -0.2) is 13.7 Å². The fraction of sp³-hybridized carbons (Fsp3) is 0.500. The van der Waals surface area contributed by atoms with Gasteiger partial charge in [-0.2, -0.15) is 0 Å². The summed E-state index contributed by atoms with van der Waals surface area (Å²) in [4.78, 5) is 0. The van der Waals surface area contributed by atoms with Crippen LogP contribution in [0.25, 0.3) is 0 Å². The van der Waals surface area contributed by atoms with E-state index in [2.05, 4.69) is 32.9 Å². The number of rotatable bonds is 2. The Morgan fingerprint density at radius 3 is 2.50 bits per heavy atom. The lowest BCUT2D eigenvalue weighted by molar-refractivity contribution is 0.315. The van der Waals surface area contributed by atoms with E-state index >= 15 is 0 Å². The lowest BCUT2D eigenvalue weighted by Gasteiger charge is -2.15. The van der Waals surface area contributed by atoms with Gasteiger partial charge < -0.3 is 9.47 Å². The van der Waals surface area contributed by atoms with Gasteiger partial charge >= 0.3 is 0 Å². The van der Waals surface area contributed by atoms with Gasteiger partial charge in [0.2, 0.25) is 0 Å². The number of hydrogen-bond acceptors (Lipinski definition) is 2. The predicted molar refractivity (Wildman–Crippen MR) is 55.8 cm³/mol. The number of benzene rings is 1. The van der Waals surface area contributed by atoms with Gasteiger partial charge in [-0.05, 0) is 38.0 Å². The van der Waals surface area contributed by atoms with E-state index in [1.54, 1.807) is 7.11 Å². The van der Waals surface area contributed by atoms with E-state index in [4.69, 9.17) is 9.47 Å². The molecule has 2 heteroatoms. The second-order valence-electron chi connectivity index (χ2n) is 4.18. The molecule has 0 aliphatic carbocycles. The Labute approximate surface area is 84.8 Å². The minimum atomic E-state index is -0.108. The molecule has 0 N–H and O–H groups in total. The molecule has 1 atom stereocenters. The molecule has 0 amide bonds. The zero-order valence-electron chi connectivity index (χ0n) is 9.18. The van der Waals surface area contributed by atoms with Crippen molar-refractivity contribution in [2.45, 2.75) is 26.4 Å². The molecule has 0 aromatic heterocycles. The van der Waals surface area contributed by atoms with Gasteiger partial charge in [0.05, 0.1) is 13.7 Å². The molecule has 0 radical (unpaired) electrons. The van der Waals surface area contributed by atoms with Gasteiger partial charge in [-0.25, -0.2) is 0 Å². The minimum absolute atomic E-state index is 0.108. The summed E-state index contributed by atoms with van der Waals surface area (Å²) in [6, 6.07) is 4.24. The predicted octanol–water partition coefficient (Wildman–Crippen LogP) is 2.56. The monoisotopic (exact) mass is 192 g/mol. The zero-order chi connectivity index (χ0) is 10.3. The van der Waals surface area contributed by atoms with Crippen molar-refractivity contribution in [1.82, 2.24) is 0 Å². The van der Waals surface area contributed by atoms with Gasteiger partial charge in [0, 0.05) is 5.56 Å². The molecule has 1 aromatic rings. The largest absolute Gasteiger partial charge is 0.496 e. The first-order chi connectivity index (χ1) is 6.57. The van der Waals surface area contributed by atoms with Crippen LogP contribution in [0.15, 0.2) is 12.1 Å². The lowest BCUT2D eigenvalue weighted by atomic mass is 9.94. The molecule has 1 heterocycles. The molecule has 1 saturated heterocycles. The van der Waals surface area contributed by atoms with E-state index in [1.165, 1.54) is 16.7 Å². The quantitative estimate of drug-likeness (QED) is 0.672. The highest BCUT2D eigenvalue weighted by Gasteiger charge is 2.44. The van der Waals surface area contributed by atoms with Crippen LogP contribution in [0.3, 0.4) is 0 Å². The van der Waals surface area contributed by atoms with Crippen LogP contribution < -0.4 is 4.74 Å². The summed E-state index contributed by atoms with van der Waals surface area (Å²) < 4.78 is 10.9. The van der Waals surface area contributed by atoms with E-state index in [1.807, 2.05) is 0 Å². The molecule has 1 fully saturated rings. The van der Waals surface area contributed by atoms with Crippen molar-refractivity contribution in [2.24, 2.45) is 0 Å². The van der Waals surface area contributed by atoms with Crippen LogP contribution in [0.2, 0.25) is 0 Å². The van der Waals surface area contributed by atoms with E-state index in [-0.39, 0.29) is 5.60 Å². The third kappa shape index (κ3) is 1.40.